The predicted molar refractivity (Wildman–Crippen MR) is 61.8 cm³/mol. The third-order valence-electron chi connectivity index (χ3n) is 2.49. The molecular weight excluding hydrogens is 188 g/mol. The summed E-state index contributed by atoms with van der Waals surface area (Å²) in [6.45, 7) is 8.45. The molecule has 0 aliphatic rings. The second-order valence-corrected chi connectivity index (χ2v) is 5.16. The molecule has 3 nitrogen and oxygen atoms in total. The van der Waals surface area contributed by atoms with Crippen molar-refractivity contribution in [3.63, 3.8) is 0 Å². The fourth-order valence-electron chi connectivity index (χ4n) is 1.76. The van der Waals surface area contributed by atoms with Crippen molar-refractivity contribution in [2.24, 2.45) is 7.05 Å². The summed E-state index contributed by atoms with van der Waals surface area (Å²) in [5, 5.41) is 14.5. The van der Waals surface area contributed by atoms with E-state index in [-0.39, 0.29) is 11.5 Å². The number of aliphatic hydroxyl groups excluding tert-OH is 1. The van der Waals surface area contributed by atoms with Gasteiger partial charge in [0.05, 0.1) is 11.8 Å². The lowest BCUT2D eigenvalue weighted by Crippen LogP contribution is -2.16. The Morgan fingerprint density at radius 2 is 2.07 bits per heavy atom. The van der Waals surface area contributed by atoms with Crippen molar-refractivity contribution >= 4 is 0 Å². The number of hydrogen-bond acceptors (Lipinski definition) is 2. The quantitative estimate of drug-likeness (QED) is 0.832. The third kappa shape index (κ3) is 2.81. The summed E-state index contributed by atoms with van der Waals surface area (Å²) in [5.41, 5.74) is 1.98. The molecule has 1 rings (SSSR count). The average Bonchev–Trinajstić information content (AvgIpc) is 2.47. The second kappa shape index (κ2) is 4.35. The van der Waals surface area contributed by atoms with Crippen molar-refractivity contribution < 1.29 is 5.11 Å². The van der Waals surface area contributed by atoms with Gasteiger partial charge in [0.2, 0.25) is 0 Å². The van der Waals surface area contributed by atoms with Gasteiger partial charge in [-0.2, -0.15) is 5.10 Å². The molecule has 1 N–H and O–H groups in total. The number of hydrogen-bond donors (Lipinski definition) is 1. The van der Waals surface area contributed by atoms with Crippen molar-refractivity contribution in [2.75, 3.05) is 0 Å². The Balaban J connectivity index is 3.06. The van der Waals surface area contributed by atoms with Gasteiger partial charge in [0.15, 0.2) is 0 Å². The third-order valence-corrected chi connectivity index (χ3v) is 2.49. The Morgan fingerprint density at radius 3 is 2.53 bits per heavy atom. The van der Waals surface area contributed by atoms with Crippen LogP contribution in [0.25, 0.3) is 0 Å². The van der Waals surface area contributed by atoms with Gasteiger partial charge in [-0.1, -0.05) is 34.1 Å². The summed E-state index contributed by atoms with van der Waals surface area (Å²) in [7, 11) is 1.90. The van der Waals surface area contributed by atoms with Crippen molar-refractivity contribution in [3.05, 3.63) is 17.5 Å². The zero-order valence-electron chi connectivity index (χ0n) is 10.4. The standard InChI is InChI=1S/C12H22N2O/c1-6-7-10(15)9-8-14(5)13-11(9)12(2,3)4/h8,10,15H,6-7H2,1-5H3. The van der Waals surface area contributed by atoms with Crippen LogP contribution in [-0.4, -0.2) is 14.9 Å². The first-order valence-electron chi connectivity index (χ1n) is 5.58. The van der Waals surface area contributed by atoms with E-state index in [9.17, 15) is 5.11 Å². The van der Waals surface area contributed by atoms with Crippen LogP contribution in [0.1, 0.15) is 57.9 Å². The maximum Gasteiger partial charge on any atom is 0.0823 e. The summed E-state index contributed by atoms with van der Waals surface area (Å²) >= 11 is 0. The predicted octanol–water partition coefficient (Wildman–Crippen LogP) is 2.55. The summed E-state index contributed by atoms with van der Waals surface area (Å²) in [5.74, 6) is 0. The molecule has 0 radical (unpaired) electrons. The molecule has 0 aliphatic heterocycles. The molecule has 3 heteroatoms. The second-order valence-electron chi connectivity index (χ2n) is 5.16. The summed E-state index contributed by atoms with van der Waals surface area (Å²) in [6, 6.07) is 0. The molecule has 0 bridgehead atoms. The molecule has 0 aliphatic carbocycles. The van der Waals surface area contributed by atoms with E-state index in [1.165, 1.54) is 0 Å². The zero-order chi connectivity index (χ0) is 11.6. The van der Waals surface area contributed by atoms with Crippen molar-refractivity contribution in [1.29, 1.82) is 0 Å². The molecule has 0 amide bonds. The maximum atomic E-state index is 10.0. The van der Waals surface area contributed by atoms with Crippen LogP contribution in [-0.2, 0) is 12.5 Å². The van der Waals surface area contributed by atoms with Crippen LogP contribution in [0.3, 0.4) is 0 Å². The van der Waals surface area contributed by atoms with Gasteiger partial charge in [-0.15, -0.1) is 0 Å². The molecule has 0 fully saturated rings. The van der Waals surface area contributed by atoms with E-state index in [1.54, 1.807) is 4.68 Å². The molecule has 86 valence electrons. The fraction of sp³-hybridized carbons (Fsp3) is 0.750. The molecule has 1 aromatic heterocycles. The first kappa shape index (κ1) is 12.2. The summed E-state index contributed by atoms with van der Waals surface area (Å²) in [6.07, 6.45) is 3.34. The van der Waals surface area contributed by atoms with E-state index in [1.807, 2.05) is 13.2 Å². The largest absolute Gasteiger partial charge is 0.388 e. The molecule has 0 saturated heterocycles. The lowest BCUT2D eigenvalue weighted by molar-refractivity contribution is 0.164. The van der Waals surface area contributed by atoms with Crippen molar-refractivity contribution in [2.45, 2.75) is 52.1 Å². The van der Waals surface area contributed by atoms with E-state index in [4.69, 9.17) is 0 Å². The number of aromatic nitrogens is 2. The molecule has 1 aromatic rings. The lowest BCUT2D eigenvalue weighted by Gasteiger charge is -2.19. The van der Waals surface area contributed by atoms with Crippen LogP contribution >= 0.6 is 0 Å². The Kier molecular flexibility index (Phi) is 3.55. The van der Waals surface area contributed by atoms with Gasteiger partial charge < -0.3 is 5.11 Å². The number of aryl methyl sites for hydroxylation is 1. The minimum atomic E-state index is -0.377. The van der Waals surface area contributed by atoms with Crippen LogP contribution in [0.15, 0.2) is 6.20 Å². The minimum Gasteiger partial charge on any atom is -0.388 e. The Hall–Kier alpha value is -0.830. The van der Waals surface area contributed by atoms with Gasteiger partial charge in [0, 0.05) is 24.2 Å². The van der Waals surface area contributed by atoms with E-state index < -0.39 is 0 Å². The van der Waals surface area contributed by atoms with Gasteiger partial charge >= 0.3 is 0 Å². The highest BCUT2D eigenvalue weighted by Crippen LogP contribution is 2.30. The van der Waals surface area contributed by atoms with E-state index >= 15 is 0 Å². The first-order chi connectivity index (χ1) is 6.86. The Morgan fingerprint density at radius 1 is 1.47 bits per heavy atom. The van der Waals surface area contributed by atoms with Gasteiger partial charge in [0.25, 0.3) is 0 Å². The van der Waals surface area contributed by atoms with E-state index in [0.717, 1.165) is 24.1 Å². The number of rotatable bonds is 3. The lowest BCUT2D eigenvalue weighted by atomic mass is 9.87. The molecule has 1 atom stereocenters. The maximum absolute atomic E-state index is 10.0. The summed E-state index contributed by atoms with van der Waals surface area (Å²) in [4.78, 5) is 0. The Labute approximate surface area is 92.1 Å². The van der Waals surface area contributed by atoms with Gasteiger partial charge in [-0.3, -0.25) is 4.68 Å². The van der Waals surface area contributed by atoms with Crippen LogP contribution in [0.4, 0.5) is 0 Å². The first-order valence-corrected chi connectivity index (χ1v) is 5.58. The van der Waals surface area contributed by atoms with E-state index in [0.29, 0.717) is 0 Å². The molecule has 0 spiro atoms. The SMILES string of the molecule is CCCC(O)c1cn(C)nc1C(C)(C)C. The number of nitrogens with zero attached hydrogens (tertiary/aromatic N) is 2. The highest BCUT2D eigenvalue weighted by molar-refractivity contribution is 5.26. The molecular formula is C12H22N2O. The molecule has 15 heavy (non-hydrogen) atoms. The van der Waals surface area contributed by atoms with Crippen LogP contribution in [0, 0.1) is 0 Å². The normalized spacial score (nSPS) is 14.3. The van der Waals surface area contributed by atoms with Crippen molar-refractivity contribution in [1.82, 2.24) is 9.78 Å². The highest BCUT2D eigenvalue weighted by atomic mass is 16.3. The van der Waals surface area contributed by atoms with Gasteiger partial charge in [-0.05, 0) is 6.42 Å². The molecule has 0 saturated carbocycles. The highest BCUT2D eigenvalue weighted by Gasteiger charge is 2.25. The zero-order valence-corrected chi connectivity index (χ0v) is 10.4. The van der Waals surface area contributed by atoms with E-state index in [2.05, 4.69) is 32.8 Å². The smallest absolute Gasteiger partial charge is 0.0823 e. The average molecular weight is 210 g/mol. The monoisotopic (exact) mass is 210 g/mol. The topological polar surface area (TPSA) is 38.0 Å². The van der Waals surface area contributed by atoms with Crippen molar-refractivity contribution in [3.8, 4) is 0 Å². The molecule has 0 aromatic carbocycles. The van der Waals surface area contributed by atoms with Crippen LogP contribution in [0.2, 0.25) is 0 Å². The number of aliphatic hydroxyl groups is 1. The van der Waals surface area contributed by atoms with Gasteiger partial charge in [-0.25, -0.2) is 0 Å². The molecule has 1 heterocycles. The minimum absolute atomic E-state index is 0.00862. The summed E-state index contributed by atoms with van der Waals surface area (Å²) < 4.78 is 1.79. The van der Waals surface area contributed by atoms with Gasteiger partial charge in [0.1, 0.15) is 0 Å². The van der Waals surface area contributed by atoms with Crippen LogP contribution in [0.5, 0.6) is 0 Å². The fourth-order valence-corrected chi connectivity index (χ4v) is 1.76. The van der Waals surface area contributed by atoms with Crippen LogP contribution < -0.4 is 0 Å². The molecule has 1 unspecified atom stereocenters. The Bertz CT molecular complexity index is 323.